The molecule has 1 aliphatic heterocycles. The van der Waals surface area contributed by atoms with Gasteiger partial charge in [-0.15, -0.1) is 11.8 Å². The van der Waals surface area contributed by atoms with Crippen LogP contribution in [0.15, 0.2) is 47.4 Å². The highest BCUT2D eigenvalue weighted by Crippen LogP contribution is 2.33. The molecule has 5 heteroatoms. The molecule has 0 fully saturated rings. The van der Waals surface area contributed by atoms with Crippen LogP contribution in [0.5, 0.6) is 0 Å². The average Bonchev–Trinajstić information content (AvgIpc) is 2.54. The summed E-state index contributed by atoms with van der Waals surface area (Å²) in [5, 5.41) is 3.50. The van der Waals surface area contributed by atoms with Crippen LogP contribution in [-0.4, -0.2) is 17.4 Å². The molecular formula is C17H14ClNO2S. The van der Waals surface area contributed by atoms with Crippen LogP contribution in [0.2, 0.25) is 5.02 Å². The zero-order valence-electron chi connectivity index (χ0n) is 11.8. The van der Waals surface area contributed by atoms with E-state index in [0.717, 1.165) is 16.2 Å². The van der Waals surface area contributed by atoms with Gasteiger partial charge in [0.05, 0.1) is 5.56 Å². The third-order valence-corrected chi connectivity index (χ3v) is 5.04. The van der Waals surface area contributed by atoms with E-state index in [2.05, 4.69) is 5.32 Å². The van der Waals surface area contributed by atoms with E-state index in [0.29, 0.717) is 29.1 Å². The number of benzene rings is 2. The first-order chi connectivity index (χ1) is 10.7. The van der Waals surface area contributed by atoms with E-state index in [1.54, 1.807) is 36.0 Å². The standard InChI is InChI=1S/C17H14ClNO2S/c18-14-7-2-1-4-11(14)10-19-17(21)13-6-3-5-12-15(20)8-9-22-16(12)13/h1-7H,8-10H2,(H,19,21). The number of nitrogens with one attached hydrogen (secondary N) is 1. The molecule has 0 saturated heterocycles. The van der Waals surface area contributed by atoms with Gasteiger partial charge in [0.25, 0.3) is 5.91 Å². The monoisotopic (exact) mass is 331 g/mol. The summed E-state index contributed by atoms with van der Waals surface area (Å²) in [6.45, 7) is 0.362. The number of thioether (sulfide) groups is 1. The van der Waals surface area contributed by atoms with Crippen LogP contribution in [0.4, 0.5) is 0 Å². The number of carbonyl (C=O) groups excluding carboxylic acids is 2. The molecule has 112 valence electrons. The Hall–Kier alpha value is -1.78. The molecule has 0 atom stereocenters. The SMILES string of the molecule is O=C1CCSc2c1cccc2C(=O)NCc1ccccc1Cl. The van der Waals surface area contributed by atoms with Crippen LogP contribution in [0.3, 0.4) is 0 Å². The zero-order valence-corrected chi connectivity index (χ0v) is 13.3. The number of hydrogen-bond acceptors (Lipinski definition) is 3. The van der Waals surface area contributed by atoms with Crippen LogP contribution in [-0.2, 0) is 6.54 Å². The Balaban J connectivity index is 1.80. The number of amides is 1. The van der Waals surface area contributed by atoms with Crippen molar-refractivity contribution in [3.8, 4) is 0 Å². The van der Waals surface area contributed by atoms with Crippen LogP contribution >= 0.6 is 23.4 Å². The summed E-state index contributed by atoms with van der Waals surface area (Å²) in [5.74, 6) is 0.647. The van der Waals surface area contributed by atoms with Crippen molar-refractivity contribution in [1.29, 1.82) is 0 Å². The first kappa shape index (κ1) is 15.1. The number of Topliss-reactive ketones (excluding diaryl/α,β-unsaturated/α-hetero) is 1. The van der Waals surface area contributed by atoms with E-state index >= 15 is 0 Å². The Kier molecular flexibility index (Phi) is 4.50. The Morgan fingerprint density at radius 2 is 2.00 bits per heavy atom. The van der Waals surface area contributed by atoms with E-state index in [4.69, 9.17) is 11.6 Å². The van der Waals surface area contributed by atoms with Crippen molar-refractivity contribution in [1.82, 2.24) is 5.32 Å². The van der Waals surface area contributed by atoms with Gasteiger partial charge in [0, 0.05) is 34.2 Å². The van der Waals surface area contributed by atoms with Gasteiger partial charge >= 0.3 is 0 Å². The third-order valence-electron chi connectivity index (χ3n) is 3.53. The number of carbonyl (C=O) groups is 2. The number of hydrogen-bond donors (Lipinski definition) is 1. The molecule has 3 nitrogen and oxygen atoms in total. The molecule has 22 heavy (non-hydrogen) atoms. The van der Waals surface area contributed by atoms with E-state index in [9.17, 15) is 9.59 Å². The maximum atomic E-state index is 12.4. The first-order valence-corrected chi connectivity index (χ1v) is 8.34. The van der Waals surface area contributed by atoms with Crippen LogP contribution in [0.1, 0.15) is 32.7 Å². The predicted molar refractivity (Wildman–Crippen MR) is 88.7 cm³/mol. The van der Waals surface area contributed by atoms with Gasteiger partial charge < -0.3 is 5.32 Å². The van der Waals surface area contributed by atoms with E-state index < -0.39 is 0 Å². The molecule has 0 aromatic heterocycles. The van der Waals surface area contributed by atoms with Crippen molar-refractivity contribution in [2.75, 3.05) is 5.75 Å². The molecular weight excluding hydrogens is 318 g/mol. The lowest BCUT2D eigenvalue weighted by Crippen LogP contribution is -2.25. The van der Waals surface area contributed by atoms with Crippen LogP contribution < -0.4 is 5.32 Å². The number of rotatable bonds is 3. The number of ketones is 1. The highest BCUT2D eigenvalue weighted by atomic mass is 35.5. The van der Waals surface area contributed by atoms with Crippen molar-refractivity contribution in [2.45, 2.75) is 17.9 Å². The Morgan fingerprint density at radius 3 is 2.82 bits per heavy atom. The second kappa shape index (κ2) is 6.55. The van der Waals surface area contributed by atoms with Crippen molar-refractivity contribution in [3.05, 3.63) is 64.2 Å². The van der Waals surface area contributed by atoms with Gasteiger partial charge in [0.1, 0.15) is 0 Å². The molecule has 3 rings (SSSR count). The Bertz CT molecular complexity index is 745. The fourth-order valence-corrected chi connectivity index (χ4v) is 3.73. The smallest absolute Gasteiger partial charge is 0.252 e. The highest BCUT2D eigenvalue weighted by molar-refractivity contribution is 7.99. The van der Waals surface area contributed by atoms with Crippen molar-refractivity contribution in [3.63, 3.8) is 0 Å². The van der Waals surface area contributed by atoms with Gasteiger partial charge in [-0.05, 0) is 17.7 Å². The van der Waals surface area contributed by atoms with Gasteiger partial charge in [-0.1, -0.05) is 41.9 Å². The quantitative estimate of drug-likeness (QED) is 0.926. The molecule has 1 amide bonds. The van der Waals surface area contributed by atoms with Crippen LogP contribution in [0.25, 0.3) is 0 Å². The third kappa shape index (κ3) is 3.03. The minimum Gasteiger partial charge on any atom is -0.348 e. The topological polar surface area (TPSA) is 46.2 Å². The Morgan fingerprint density at radius 1 is 1.18 bits per heavy atom. The summed E-state index contributed by atoms with van der Waals surface area (Å²) in [5.41, 5.74) is 2.08. The summed E-state index contributed by atoms with van der Waals surface area (Å²) >= 11 is 7.65. The lowest BCUT2D eigenvalue weighted by molar-refractivity contribution is 0.0947. The molecule has 0 saturated carbocycles. The maximum absolute atomic E-state index is 12.4. The predicted octanol–water partition coefficient (Wildman–Crippen LogP) is 3.95. The average molecular weight is 332 g/mol. The lowest BCUT2D eigenvalue weighted by atomic mass is 10.0. The zero-order chi connectivity index (χ0) is 15.5. The molecule has 0 spiro atoms. The molecule has 2 aromatic rings. The van der Waals surface area contributed by atoms with Gasteiger partial charge in [-0.2, -0.15) is 0 Å². The molecule has 2 aromatic carbocycles. The summed E-state index contributed by atoms with van der Waals surface area (Å²) in [7, 11) is 0. The molecule has 1 heterocycles. The molecule has 1 aliphatic rings. The fourth-order valence-electron chi connectivity index (χ4n) is 2.38. The summed E-state index contributed by atoms with van der Waals surface area (Å²) in [6, 6.07) is 12.7. The fraction of sp³-hybridized carbons (Fsp3) is 0.176. The molecule has 0 radical (unpaired) electrons. The second-order valence-electron chi connectivity index (χ2n) is 4.98. The van der Waals surface area contributed by atoms with Crippen LogP contribution in [0, 0.1) is 0 Å². The van der Waals surface area contributed by atoms with Gasteiger partial charge in [0.15, 0.2) is 5.78 Å². The highest BCUT2D eigenvalue weighted by Gasteiger charge is 2.22. The van der Waals surface area contributed by atoms with E-state index in [-0.39, 0.29) is 11.7 Å². The van der Waals surface area contributed by atoms with E-state index in [1.807, 2.05) is 18.2 Å². The molecule has 0 aliphatic carbocycles. The summed E-state index contributed by atoms with van der Waals surface area (Å²) < 4.78 is 0. The van der Waals surface area contributed by atoms with Gasteiger partial charge in [-0.25, -0.2) is 0 Å². The minimum atomic E-state index is -0.182. The first-order valence-electron chi connectivity index (χ1n) is 6.97. The lowest BCUT2D eigenvalue weighted by Gasteiger charge is -2.17. The molecule has 0 bridgehead atoms. The molecule has 0 unspecified atom stereocenters. The summed E-state index contributed by atoms with van der Waals surface area (Å²) in [6.07, 6.45) is 0.530. The van der Waals surface area contributed by atoms with Crippen molar-refractivity contribution < 1.29 is 9.59 Å². The molecule has 1 N–H and O–H groups in total. The summed E-state index contributed by atoms with van der Waals surface area (Å²) in [4.78, 5) is 25.1. The Labute approximate surface area is 138 Å². The largest absolute Gasteiger partial charge is 0.348 e. The van der Waals surface area contributed by atoms with Crippen molar-refractivity contribution >= 4 is 35.1 Å². The minimum absolute atomic E-state index is 0.106. The maximum Gasteiger partial charge on any atom is 0.252 e. The normalized spacial score (nSPS) is 13.6. The van der Waals surface area contributed by atoms with E-state index in [1.165, 1.54) is 0 Å². The number of fused-ring (bicyclic) bond motifs is 1. The number of halogens is 1. The van der Waals surface area contributed by atoms with Gasteiger partial charge in [-0.3, -0.25) is 9.59 Å². The second-order valence-corrected chi connectivity index (χ2v) is 6.49. The van der Waals surface area contributed by atoms with Gasteiger partial charge in [0.2, 0.25) is 0 Å². The van der Waals surface area contributed by atoms with Crippen molar-refractivity contribution in [2.24, 2.45) is 0 Å².